The number of aryl methyl sites for hydroxylation is 1. The van der Waals surface area contributed by atoms with Crippen molar-refractivity contribution < 1.29 is 18.0 Å². The van der Waals surface area contributed by atoms with E-state index in [1.54, 1.807) is 17.3 Å². The van der Waals surface area contributed by atoms with Crippen molar-refractivity contribution >= 4 is 17.4 Å². The van der Waals surface area contributed by atoms with E-state index in [1.165, 1.54) is 16.2 Å². The van der Waals surface area contributed by atoms with Crippen molar-refractivity contribution in [2.24, 2.45) is 0 Å². The van der Waals surface area contributed by atoms with Gasteiger partial charge in [0.15, 0.2) is 0 Å². The lowest BCUT2D eigenvalue weighted by molar-refractivity contribution is -0.153. The number of piperazine rings is 1. The Balaban J connectivity index is 1.82. The van der Waals surface area contributed by atoms with E-state index in [2.05, 4.69) is 10.3 Å². The van der Waals surface area contributed by atoms with E-state index in [0.717, 1.165) is 10.6 Å². The number of hydrogen-bond donors (Lipinski definition) is 1. The lowest BCUT2D eigenvalue weighted by atomic mass is 10.2. The van der Waals surface area contributed by atoms with E-state index < -0.39 is 12.7 Å². The third kappa shape index (κ3) is 4.57. The van der Waals surface area contributed by atoms with Gasteiger partial charge in [0.05, 0.1) is 24.3 Å². The molecular formula is C13H19F3N4OS. The van der Waals surface area contributed by atoms with E-state index in [-0.39, 0.29) is 18.6 Å². The summed E-state index contributed by atoms with van der Waals surface area (Å²) in [5.74, 6) is 0. The smallest absolute Gasteiger partial charge is 0.333 e. The van der Waals surface area contributed by atoms with Crippen LogP contribution in [0.15, 0.2) is 5.51 Å². The molecule has 2 heterocycles. The molecule has 0 saturated carbocycles. The minimum Gasteiger partial charge on any atom is -0.333 e. The Bertz CT molecular complexity index is 520. The first-order chi connectivity index (χ1) is 10.3. The SMILES string of the molecule is Cc1ncsc1CNC(=O)N1CCN(CC(F)(F)F)[C@@H](C)C1. The number of urea groups is 1. The van der Waals surface area contributed by atoms with Crippen LogP contribution in [0.2, 0.25) is 0 Å². The third-order valence-corrected chi connectivity index (χ3v) is 4.61. The second-order valence-electron chi connectivity index (χ2n) is 5.40. The van der Waals surface area contributed by atoms with E-state index in [4.69, 9.17) is 0 Å². The first-order valence-corrected chi connectivity index (χ1v) is 7.87. The van der Waals surface area contributed by atoms with E-state index in [0.29, 0.717) is 19.6 Å². The van der Waals surface area contributed by atoms with Gasteiger partial charge >= 0.3 is 12.2 Å². The van der Waals surface area contributed by atoms with Gasteiger partial charge in [-0.1, -0.05) is 0 Å². The predicted octanol–water partition coefficient (Wildman–Crippen LogP) is 2.23. The number of hydrogen-bond acceptors (Lipinski definition) is 4. The normalized spacial score (nSPS) is 20.2. The average Bonchev–Trinajstić information content (AvgIpc) is 2.82. The van der Waals surface area contributed by atoms with Gasteiger partial charge in [0.1, 0.15) is 0 Å². The molecule has 0 aromatic carbocycles. The summed E-state index contributed by atoms with van der Waals surface area (Å²) in [4.78, 5) is 20.1. The zero-order chi connectivity index (χ0) is 16.3. The fourth-order valence-corrected chi connectivity index (χ4v) is 3.13. The summed E-state index contributed by atoms with van der Waals surface area (Å²) in [6.07, 6.45) is -4.21. The zero-order valence-electron chi connectivity index (χ0n) is 12.5. The molecule has 22 heavy (non-hydrogen) atoms. The Labute approximate surface area is 131 Å². The van der Waals surface area contributed by atoms with Gasteiger partial charge in [-0.15, -0.1) is 11.3 Å². The number of alkyl halides is 3. The van der Waals surface area contributed by atoms with Crippen molar-refractivity contribution in [2.45, 2.75) is 32.6 Å². The van der Waals surface area contributed by atoms with Crippen molar-refractivity contribution in [1.29, 1.82) is 0 Å². The third-order valence-electron chi connectivity index (χ3n) is 3.68. The molecule has 1 aromatic heterocycles. The predicted molar refractivity (Wildman–Crippen MR) is 77.7 cm³/mol. The van der Waals surface area contributed by atoms with Crippen molar-refractivity contribution in [1.82, 2.24) is 20.1 Å². The molecule has 0 spiro atoms. The first kappa shape index (κ1) is 17.0. The van der Waals surface area contributed by atoms with E-state index >= 15 is 0 Å². The molecule has 0 unspecified atom stereocenters. The standard InChI is InChI=1S/C13H19F3N4OS/c1-9-6-19(3-4-20(9)7-13(14,15)16)12(21)17-5-11-10(2)18-8-22-11/h8-9H,3-7H2,1-2H3,(H,17,21)/t9-/m0/s1. The highest BCUT2D eigenvalue weighted by molar-refractivity contribution is 7.09. The number of aromatic nitrogens is 1. The lowest BCUT2D eigenvalue weighted by Crippen LogP contribution is -2.57. The molecule has 0 aliphatic carbocycles. The Hall–Kier alpha value is -1.35. The average molecular weight is 336 g/mol. The fourth-order valence-electron chi connectivity index (χ4n) is 2.41. The van der Waals surface area contributed by atoms with Crippen molar-refractivity contribution in [3.05, 3.63) is 16.1 Å². The maximum atomic E-state index is 12.4. The summed E-state index contributed by atoms with van der Waals surface area (Å²) in [6.45, 7) is 3.87. The summed E-state index contributed by atoms with van der Waals surface area (Å²) in [5, 5.41) is 2.80. The van der Waals surface area contributed by atoms with Gasteiger partial charge in [-0.25, -0.2) is 9.78 Å². The van der Waals surface area contributed by atoms with Crippen LogP contribution in [-0.2, 0) is 6.54 Å². The number of rotatable bonds is 3. The summed E-state index contributed by atoms with van der Waals surface area (Å²) >= 11 is 1.47. The largest absolute Gasteiger partial charge is 0.401 e. The van der Waals surface area contributed by atoms with Gasteiger partial charge in [0.25, 0.3) is 0 Å². The molecule has 9 heteroatoms. The van der Waals surface area contributed by atoms with Crippen LogP contribution >= 0.6 is 11.3 Å². The Kier molecular flexibility index (Phi) is 5.28. The fraction of sp³-hybridized carbons (Fsp3) is 0.692. The van der Waals surface area contributed by atoms with Crippen LogP contribution in [0.25, 0.3) is 0 Å². The van der Waals surface area contributed by atoms with Crippen molar-refractivity contribution in [2.75, 3.05) is 26.2 Å². The lowest BCUT2D eigenvalue weighted by Gasteiger charge is -2.39. The Morgan fingerprint density at radius 3 is 2.77 bits per heavy atom. The highest BCUT2D eigenvalue weighted by Crippen LogP contribution is 2.20. The van der Waals surface area contributed by atoms with E-state index in [1.807, 2.05) is 6.92 Å². The van der Waals surface area contributed by atoms with Gasteiger partial charge in [-0.05, 0) is 13.8 Å². The molecule has 0 bridgehead atoms. The number of nitrogens with zero attached hydrogens (tertiary/aromatic N) is 3. The molecule has 1 saturated heterocycles. The minimum atomic E-state index is -4.21. The maximum Gasteiger partial charge on any atom is 0.401 e. The molecular weight excluding hydrogens is 317 g/mol. The van der Waals surface area contributed by atoms with Crippen LogP contribution in [0.5, 0.6) is 0 Å². The summed E-state index contributed by atoms with van der Waals surface area (Å²) in [6, 6.07) is -0.558. The zero-order valence-corrected chi connectivity index (χ0v) is 13.3. The van der Waals surface area contributed by atoms with Crippen LogP contribution in [-0.4, -0.2) is 59.2 Å². The number of carbonyl (C=O) groups excluding carboxylic acids is 1. The summed E-state index contributed by atoms with van der Waals surface area (Å²) in [5.41, 5.74) is 2.60. The first-order valence-electron chi connectivity index (χ1n) is 6.99. The summed E-state index contributed by atoms with van der Waals surface area (Å²) < 4.78 is 37.3. The molecule has 5 nitrogen and oxygen atoms in total. The monoisotopic (exact) mass is 336 g/mol. The van der Waals surface area contributed by atoms with Crippen LogP contribution in [0, 0.1) is 6.92 Å². The van der Waals surface area contributed by atoms with E-state index in [9.17, 15) is 18.0 Å². The second kappa shape index (κ2) is 6.82. The Morgan fingerprint density at radius 1 is 1.50 bits per heavy atom. The molecule has 1 fully saturated rings. The number of nitrogens with one attached hydrogen (secondary N) is 1. The van der Waals surface area contributed by atoms with Crippen LogP contribution < -0.4 is 5.32 Å². The van der Waals surface area contributed by atoms with Crippen molar-refractivity contribution in [3.8, 4) is 0 Å². The highest BCUT2D eigenvalue weighted by Gasteiger charge is 2.35. The summed E-state index contributed by atoms with van der Waals surface area (Å²) in [7, 11) is 0. The minimum absolute atomic E-state index is 0.230. The molecule has 1 N–H and O–H groups in total. The Morgan fingerprint density at radius 2 is 2.23 bits per heavy atom. The molecule has 1 atom stereocenters. The molecule has 1 aliphatic heterocycles. The molecule has 2 rings (SSSR count). The molecule has 0 radical (unpaired) electrons. The van der Waals surface area contributed by atoms with Gasteiger partial charge in [0, 0.05) is 30.6 Å². The highest BCUT2D eigenvalue weighted by atomic mass is 32.1. The molecule has 2 amide bonds. The van der Waals surface area contributed by atoms with Gasteiger partial charge < -0.3 is 10.2 Å². The molecule has 124 valence electrons. The second-order valence-corrected chi connectivity index (χ2v) is 6.34. The van der Waals surface area contributed by atoms with Crippen LogP contribution in [0.1, 0.15) is 17.5 Å². The molecule has 1 aliphatic rings. The number of thiazole rings is 1. The van der Waals surface area contributed by atoms with Gasteiger partial charge in [-0.3, -0.25) is 4.90 Å². The van der Waals surface area contributed by atoms with Crippen LogP contribution in [0.3, 0.4) is 0 Å². The topological polar surface area (TPSA) is 48.5 Å². The van der Waals surface area contributed by atoms with Gasteiger partial charge in [0.2, 0.25) is 0 Å². The number of carbonyl (C=O) groups is 1. The maximum absolute atomic E-state index is 12.4. The van der Waals surface area contributed by atoms with Crippen LogP contribution in [0.4, 0.5) is 18.0 Å². The number of amides is 2. The van der Waals surface area contributed by atoms with Gasteiger partial charge in [-0.2, -0.15) is 13.2 Å². The van der Waals surface area contributed by atoms with Crippen molar-refractivity contribution in [3.63, 3.8) is 0 Å². The number of halogens is 3. The molecule has 1 aromatic rings. The quantitative estimate of drug-likeness (QED) is 0.921.